The third-order valence-electron chi connectivity index (χ3n) is 2.25. The Bertz CT molecular complexity index is 422. The molecule has 0 aliphatic rings. The number of thiazole rings is 1. The summed E-state index contributed by atoms with van der Waals surface area (Å²) in [6, 6.07) is 10.3. The molecule has 3 heteroatoms. The molecule has 0 bridgehead atoms. The van der Waals surface area contributed by atoms with Crippen LogP contribution in [0.25, 0.3) is 0 Å². The van der Waals surface area contributed by atoms with Crippen LogP contribution in [0.2, 0.25) is 0 Å². The number of benzene rings is 1. The van der Waals surface area contributed by atoms with E-state index in [1.807, 2.05) is 30.5 Å². The number of nitrogens with zero attached hydrogens (tertiary/aromatic N) is 1. The van der Waals surface area contributed by atoms with Crippen LogP contribution in [0.5, 0.6) is 0 Å². The molecule has 1 unspecified atom stereocenters. The van der Waals surface area contributed by atoms with Gasteiger partial charge < -0.3 is 5.73 Å². The van der Waals surface area contributed by atoms with Crippen molar-refractivity contribution in [2.75, 3.05) is 0 Å². The van der Waals surface area contributed by atoms with Crippen LogP contribution in [0.15, 0.2) is 35.7 Å². The summed E-state index contributed by atoms with van der Waals surface area (Å²) in [5.74, 6) is 0. The molecule has 0 aliphatic carbocycles. The molecular formula is C12H14N2S. The van der Waals surface area contributed by atoms with Gasteiger partial charge in [0.05, 0.1) is 6.04 Å². The number of nitrogens with two attached hydrogens (primary N) is 1. The monoisotopic (exact) mass is 218 g/mol. The molecule has 2 N–H and O–H groups in total. The van der Waals surface area contributed by atoms with E-state index in [1.54, 1.807) is 11.3 Å². The third kappa shape index (κ3) is 2.64. The van der Waals surface area contributed by atoms with Crippen LogP contribution in [0.1, 0.15) is 22.3 Å². The van der Waals surface area contributed by atoms with Crippen molar-refractivity contribution in [1.82, 2.24) is 4.98 Å². The fraction of sp³-hybridized carbons (Fsp3) is 0.250. The second-order valence-corrected chi connectivity index (χ2v) is 4.51. The molecule has 0 spiro atoms. The van der Waals surface area contributed by atoms with Crippen LogP contribution in [0.3, 0.4) is 0 Å². The van der Waals surface area contributed by atoms with Gasteiger partial charge in [0.15, 0.2) is 0 Å². The van der Waals surface area contributed by atoms with Gasteiger partial charge in [-0.05, 0) is 18.9 Å². The smallest absolute Gasteiger partial charge is 0.110 e. The van der Waals surface area contributed by atoms with Gasteiger partial charge in [0.2, 0.25) is 0 Å². The van der Waals surface area contributed by atoms with Crippen LogP contribution in [0.4, 0.5) is 0 Å². The Morgan fingerprint density at radius 1 is 1.33 bits per heavy atom. The standard InChI is InChI=1S/C12H14N2S/c1-9-8-15-12(14-9)11(13)7-10-5-3-2-4-6-10/h2-6,8,11H,7,13H2,1H3. The molecule has 1 heterocycles. The maximum atomic E-state index is 6.09. The minimum Gasteiger partial charge on any atom is -0.322 e. The topological polar surface area (TPSA) is 38.9 Å². The van der Waals surface area contributed by atoms with Crippen LogP contribution in [-0.4, -0.2) is 4.98 Å². The molecule has 0 aliphatic heterocycles. The highest BCUT2D eigenvalue weighted by Crippen LogP contribution is 2.19. The van der Waals surface area contributed by atoms with E-state index in [-0.39, 0.29) is 6.04 Å². The van der Waals surface area contributed by atoms with E-state index in [2.05, 4.69) is 17.1 Å². The Hall–Kier alpha value is -1.19. The Morgan fingerprint density at radius 2 is 2.07 bits per heavy atom. The summed E-state index contributed by atoms with van der Waals surface area (Å²) in [6.07, 6.45) is 0.855. The van der Waals surface area contributed by atoms with E-state index in [1.165, 1.54) is 5.56 Å². The highest BCUT2D eigenvalue weighted by Gasteiger charge is 2.10. The van der Waals surface area contributed by atoms with Gasteiger partial charge in [-0.1, -0.05) is 30.3 Å². The molecule has 0 amide bonds. The van der Waals surface area contributed by atoms with Gasteiger partial charge in [0, 0.05) is 11.1 Å². The zero-order chi connectivity index (χ0) is 10.7. The van der Waals surface area contributed by atoms with Gasteiger partial charge in [-0.3, -0.25) is 0 Å². The molecule has 78 valence electrons. The molecule has 0 saturated heterocycles. The van der Waals surface area contributed by atoms with Crippen LogP contribution >= 0.6 is 11.3 Å². The summed E-state index contributed by atoms with van der Waals surface area (Å²) < 4.78 is 0. The quantitative estimate of drug-likeness (QED) is 0.860. The Labute approximate surface area is 93.8 Å². The van der Waals surface area contributed by atoms with Crippen molar-refractivity contribution in [3.63, 3.8) is 0 Å². The van der Waals surface area contributed by atoms with Crippen molar-refractivity contribution in [2.24, 2.45) is 5.73 Å². The minimum atomic E-state index is 0.0195. The second kappa shape index (κ2) is 4.55. The second-order valence-electron chi connectivity index (χ2n) is 3.62. The summed E-state index contributed by atoms with van der Waals surface area (Å²) in [5, 5.41) is 3.07. The molecule has 2 rings (SSSR count). The number of hydrogen-bond acceptors (Lipinski definition) is 3. The van der Waals surface area contributed by atoms with Crippen molar-refractivity contribution < 1.29 is 0 Å². The first-order valence-electron chi connectivity index (χ1n) is 4.97. The van der Waals surface area contributed by atoms with Crippen molar-refractivity contribution >= 4 is 11.3 Å². The average Bonchev–Trinajstić information content (AvgIpc) is 2.66. The average molecular weight is 218 g/mol. The molecule has 0 radical (unpaired) electrons. The number of hydrogen-bond donors (Lipinski definition) is 1. The molecule has 1 aromatic heterocycles. The first-order valence-corrected chi connectivity index (χ1v) is 5.85. The predicted molar refractivity (Wildman–Crippen MR) is 63.9 cm³/mol. The zero-order valence-electron chi connectivity index (χ0n) is 8.68. The van der Waals surface area contributed by atoms with Crippen molar-refractivity contribution in [3.8, 4) is 0 Å². The lowest BCUT2D eigenvalue weighted by Gasteiger charge is -2.07. The lowest BCUT2D eigenvalue weighted by atomic mass is 10.1. The van der Waals surface area contributed by atoms with E-state index in [9.17, 15) is 0 Å². The highest BCUT2D eigenvalue weighted by atomic mass is 32.1. The summed E-state index contributed by atoms with van der Waals surface area (Å²) in [5.41, 5.74) is 8.40. The SMILES string of the molecule is Cc1csc(C(N)Cc2ccccc2)n1. The van der Waals surface area contributed by atoms with E-state index in [0.29, 0.717) is 0 Å². The Kier molecular flexibility index (Phi) is 3.14. The lowest BCUT2D eigenvalue weighted by molar-refractivity contribution is 0.713. The predicted octanol–water partition coefficient (Wildman–Crippen LogP) is 2.69. The first-order chi connectivity index (χ1) is 7.25. The van der Waals surface area contributed by atoms with E-state index < -0.39 is 0 Å². The number of rotatable bonds is 3. The maximum absolute atomic E-state index is 6.09. The first kappa shape index (κ1) is 10.3. The summed E-state index contributed by atoms with van der Waals surface area (Å²) in [4.78, 5) is 4.40. The van der Waals surface area contributed by atoms with Gasteiger partial charge in [0.1, 0.15) is 5.01 Å². The summed E-state index contributed by atoms with van der Waals surface area (Å²) >= 11 is 1.64. The number of aromatic nitrogens is 1. The summed E-state index contributed by atoms with van der Waals surface area (Å²) in [6.45, 7) is 2.00. The van der Waals surface area contributed by atoms with Gasteiger partial charge in [0.25, 0.3) is 0 Å². The summed E-state index contributed by atoms with van der Waals surface area (Å²) in [7, 11) is 0. The Morgan fingerprint density at radius 3 is 2.67 bits per heavy atom. The van der Waals surface area contributed by atoms with Crippen LogP contribution in [0, 0.1) is 6.92 Å². The van der Waals surface area contributed by atoms with Crippen molar-refractivity contribution in [1.29, 1.82) is 0 Å². The molecule has 1 atom stereocenters. The van der Waals surface area contributed by atoms with Crippen LogP contribution in [-0.2, 0) is 6.42 Å². The molecule has 0 fully saturated rings. The maximum Gasteiger partial charge on any atom is 0.110 e. The van der Waals surface area contributed by atoms with Gasteiger partial charge in [-0.15, -0.1) is 11.3 Å². The largest absolute Gasteiger partial charge is 0.322 e. The molecular weight excluding hydrogens is 204 g/mol. The van der Waals surface area contributed by atoms with Gasteiger partial charge in [-0.2, -0.15) is 0 Å². The molecule has 1 aromatic carbocycles. The van der Waals surface area contributed by atoms with Crippen LogP contribution < -0.4 is 5.73 Å². The van der Waals surface area contributed by atoms with Gasteiger partial charge in [-0.25, -0.2) is 4.98 Å². The van der Waals surface area contributed by atoms with Crippen molar-refractivity contribution in [3.05, 3.63) is 52.0 Å². The fourth-order valence-corrected chi connectivity index (χ4v) is 2.30. The van der Waals surface area contributed by atoms with E-state index >= 15 is 0 Å². The Balaban J connectivity index is 2.07. The lowest BCUT2D eigenvalue weighted by Crippen LogP contribution is -2.12. The zero-order valence-corrected chi connectivity index (χ0v) is 9.50. The highest BCUT2D eigenvalue weighted by molar-refractivity contribution is 7.09. The normalized spacial score (nSPS) is 12.7. The minimum absolute atomic E-state index is 0.0195. The van der Waals surface area contributed by atoms with Crippen molar-refractivity contribution in [2.45, 2.75) is 19.4 Å². The number of aryl methyl sites for hydroxylation is 1. The molecule has 15 heavy (non-hydrogen) atoms. The fourth-order valence-electron chi connectivity index (χ4n) is 1.50. The van der Waals surface area contributed by atoms with E-state index in [4.69, 9.17) is 5.73 Å². The third-order valence-corrected chi connectivity index (χ3v) is 3.35. The molecule has 2 nitrogen and oxygen atoms in total. The molecule has 0 saturated carbocycles. The molecule has 2 aromatic rings. The van der Waals surface area contributed by atoms with Gasteiger partial charge >= 0.3 is 0 Å². The van der Waals surface area contributed by atoms with E-state index in [0.717, 1.165) is 17.1 Å².